The molecule has 2 N–H and O–H groups in total. The Morgan fingerprint density at radius 1 is 0.944 bits per heavy atom. The first-order chi connectivity index (χ1) is 8.45. The molecule has 0 fully saturated rings. The van der Waals surface area contributed by atoms with E-state index in [1.54, 1.807) is 0 Å². The summed E-state index contributed by atoms with van der Waals surface area (Å²) in [6, 6.07) is 4.70. The van der Waals surface area contributed by atoms with E-state index >= 15 is 0 Å². The largest absolute Gasteiger partial charge is 0.455 e. The average molecular weight is 274 g/mol. The highest BCUT2D eigenvalue weighted by molar-refractivity contribution is 6.31. The summed E-state index contributed by atoms with van der Waals surface area (Å²) in [4.78, 5) is 0. The van der Waals surface area contributed by atoms with Gasteiger partial charge >= 0.3 is 0 Å². The summed E-state index contributed by atoms with van der Waals surface area (Å²) in [7, 11) is 0. The summed E-state index contributed by atoms with van der Waals surface area (Å²) in [5, 5.41) is -0.162. The summed E-state index contributed by atoms with van der Waals surface area (Å²) >= 11 is 5.51. The maximum Gasteiger partial charge on any atom is 0.153 e. The quantitative estimate of drug-likeness (QED) is 0.835. The molecule has 0 heterocycles. The molecule has 0 aliphatic rings. The van der Waals surface area contributed by atoms with Crippen LogP contribution in [0.2, 0.25) is 5.02 Å². The van der Waals surface area contributed by atoms with Crippen LogP contribution in [0.4, 0.5) is 18.9 Å². The van der Waals surface area contributed by atoms with E-state index < -0.39 is 17.5 Å². The Hall–Kier alpha value is -1.88. The fourth-order valence-electron chi connectivity index (χ4n) is 1.35. The molecule has 0 aliphatic heterocycles. The maximum atomic E-state index is 13.2. The van der Waals surface area contributed by atoms with E-state index in [0.717, 1.165) is 24.3 Å². The molecule has 0 aliphatic carbocycles. The summed E-state index contributed by atoms with van der Waals surface area (Å²) in [6.07, 6.45) is 0. The number of ether oxygens (including phenoxy) is 1. The Balaban J connectivity index is 2.36. The van der Waals surface area contributed by atoms with Crippen molar-refractivity contribution >= 4 is 17.3 Å². The number of nitrogens with two attached hydrogens (primary N) is 1. The van der Waals surface area contributed by atoms with E-state index in [-0.39, 0.29) is 22.2 Å². The summed E-state index contributed by atoms with van der Waals surface area (Å²) in [5.74, 6) is -2.54. The van der Waals surface area contributed by atoms with Gasteiger partial charge in [0.25, 0.3) is 0 Å². The van der Waals surface area contributed by atoms with E-state index in [2.05, 4.69) is 0 Å². The topological polar surface area (TPSA) is 35.2 Å². The van der Waals surface area contributed by atoms with Gasteiger partial charge in [0.1, 0.15) is 23.2 Å². The van der Waals surface area contributed by atoms with Crippen LogP contribution in [0, 0.1) is 17.5 Å². The van der Waals surface area contributed by atoms with Gasteiger partial charge in [-0.1, -0.05) is 11.6 Å². The van der Waals surface area contributed by atoms with Crippen LogP contribution >= 0.6 is 11.6 Å². The molecule has 2 aromatic carbocycles. The van der Waals surface area contributed by atoms with Crippen molar-refractivity contribution in [2.24, 2.45) is 0 Å². The van der Waals surface area contributed by atoms with Crippen LogP contribution in [0.15, 0.2) is 30.3 Å². The van der Waals surface area contributed by atoms with Gasteiger partial charge in [-0.2, -0.15) is 0 Å². The van der Waals surface area contributed by atoms with Crippen LogP contribution in [-0.2, 0) is 0 Å². The van der Waals surface area contributed by atoms with E-state index in [4.69, 9.17) is 22.1 Å². The normalized spacial score (nSPS) is 10.4. The lowest BCUT2D eigenvalue weighted by molar-refractivity contribution is 0.466. The van der Waals surface area contributed by atoms with Crippen molar-refractivity contribution in [3.63, 3.8) is 0 Å². The van der Waals surface area contributed by atoms with Crippen molar-refractivity contribution < 1.29 is 17.9 Å². The van der Waals surface area contributed by atoms with E-state index in [1.807, 2.05) is 0 Å². The van der Waals surface area contributed by atoms with Gasteiger partial charge in [-0.3, -0.25) is 0 Å². The highest BCUT2D eigenvalue weighted by Gasteiger charge is 2.09. The fraction of sp³-hybridized carbons (Fsp3) is 0. The van der Waals surface area contributed by atoms with E-state index in [1.165, 1.54) is 0 Å². The third-order valence-electron chi connectivity index (χ3n) is 2.12. The lowest BCUT2D eigenvalue weighted by Gasteiger charge is -2.09. The second-order valence-corrected chi connectivity index (χ2v) is 3.92. The predicted molar refractivity (Wildman–Crippen MR) is 62.3 cm³/mol. The van der Waals surface area contributed by atoms with Gasteiger partial charge in [0.05, 0.1) is 10.7 Å². The minimum absolute atomic E-state index is 0.0612. The van der Waals surface area contributed by atoms with Gasteiger partial charge in [-0.05, 0) is 6.07 Å². The van der Waals surface area contributed by atoms with Crippen LogP contribution in [0.25, 0.3) is 0 Å². The maximum absolute atomic E-state index is 13.2. The monoisotopic (exact) mass is 273 g/mol. The van der Waals surface area contributed by atoms with Gasteiger partial charge in [0, 0.05) is 24.3 Å². The zero-order chi connectivity index (χ0) is 13.3. The molecule has 2 aromatic rings. The Labute approximate surface area is 106 Å². The second kappa shape index (κ2) is 4.78. The van der Waals surface area contributed by atoms with Crippen LogP contribution in [0.1, 0.15) is 0 Å². The molecule has 0 unspecified atom stereocenters. The van der Waals surface area contributed by atoms with Crippen LogP contribution in [0.5, 0.6) is 11.5 Å². The van der Waals surface area contributed by atoms with Crippen molar-refractivity contribution in [3.05, 3.63) is 52.8 Å². The molecule has 0 saturated carbocycles. The van der Waals surface area contributed by atoms with E-state index in [0.29, 0.717) is 6.07 Å². The van der Waals surface area contributed by atoms with Crippen molar-refractivity contribution in [1.82, 2.24) is 0 Å². The summed E-state index contributed by atoms with van der Waals surface area (Å²) < 4.78 is 44.2. The highest BCUT2D eigenvalue weighted by atomic mass is 35.5. The first-order valence-electron chi connectivity index (χ1n) is 4.84. The molecule has 94 valence electrons. The minimum atomic E-state index is -0.807. The Morgan fingerprint density at radius 3 is 2.17 bits per heavy atom. The number of halogens is 4. The lowest BCUT2D eigenvalue weighted by Crippen LogP contribution is -1.94. The van der Waals surface area contributed by atoms with Crippen molar-refractivity contribution in [1.29, 1.82) is 0 Å². The second-order valence-electron chi connectivity index (χ2n) is 3.51. The third kappa shape index (κ3) is 2.68. The first kappa shape index (κ1) is 12.6. The molecule has 0 spiro atoms. The number of rotatable bonds is 2. The Bertz CT molecular complexity index is 584. The fourth-order valence-corrected chi connectivity index (χ4v) is 1.52. The lowest BCUT2D eigenvalue weighted by atomic mass is 10.2. The smallest absolute Gasteiger partial charge is 0.153 e. The number of nitrogen functional groups attached to an aromatic ring is 1. The molecule has 0 amide bonds. The molecule has 0 radical (unpaired) electrons. The van der Waals surface area contributed by atoms with Gasteiger partial charge in [-0.15, -0.1) is 0 Å². The molecular formula is C12H7ClF3NO. The molecule has 2 rings (SSSR count). The molecule has 6 heteroatoms. The number of hydrogen-bond donors (Lipinski definition) is 1. The van der Waals surface area contributed by atoms with Crippen molar-refractivity contribution in [2.75, 3.05) is 5.73 Å². The molecule has 0 aromatic heterocycles. The van der Waals surface area contributed by atoms with Crippen LogP contribution in [0.3, 0.4) is 0 Å². The summed E-state index contributed by atoms with van der Waals surface area (Å²) in [5.41, 5.74) is 5.61. The summed E-state index contributed by atoms with van der Waals surface area (Å²) in [6.45, 7) is 0. The van der Waals surface area contributed by atoms with Gasteiger partial charge in [-0.25, -0.2) is 13.2 Å². The molecule has 0 atom stereocenters. The standard InChI is InChI=1S/C12H7ClF3NO/c13-9-4-11(17)12(5-10(9)16)18-8-2-6(14)1-7(15)3-8/h1-5H,17H2. The zero-order valence-corrected chi connectivity index (χ0v) is 9.64. The predicted octanol–water partition coefficient (Wildman–Crippen LogP) is 4.13. The Kier molecular flexibility index (Phi) is 3.34. The van der Waals surface area contributed by atoms with Crippen molar-refractivity contribution in [3.8, 4) is 11.5 Å². The van der Waals surface area contributed by atoms with Crippen LogP contribution < -0.4 is 10.5 Å². The van der Waals surface area contributed by atoms with Gasteiger partial charge in [0.2, 0.25) is 0 Å². The van der Waals surface area contributed by atoms with Gasteiger partial charge < -0.3 is 10.5 Å². The molecule has 2 nitrogen and oxygen atoms in total. The molecular weight excluding hydrogens is 267 g/mol. The third-order valence-corrected chi connectivity index (χ3v) is 2.41. The van der Waals surface area contributed by atoms with Crippen molar-refractivity contribution in [2.45, 2.75) is 0 Å². The number of hydrogen-bond acceptors (Lipinski definition) is 2. The van der Waals surface area contributed by atoms with Crippen LogP contribution in [-0.4, -0.2) is 0 Å². The molecule has 0 bridgehead atoms. The SMILES string of the molecule is Nc1cc(Cl)c(F)cc1Oc1cc(F)cc(F)c1. The molecule has 18 heavy (non-hydrogen) atoms. The highest BCUT2D eigenvalue weighted by Crippen LogP contribution is 2.32. The average Bonchev–Trinajstić information content (AvgIpc) is 2.24. The number of anilines is 1. The first-order valence-corrected chi connectivity index (χ1v) is 5.22. The molecule has 0 saturated heterocycles. The Morgan fingerprint density at radius 2 is 1.56 bits per heavy atom. The van der Waals surface area contributed by atoms with Gasteiger partial charge in [0.15, 0.2) is 5.75 Å². The van der Waals surface area contributed by atoms with E-state index in [9.17, 15) is 13.2 Å². The minimum Gasteiger partial charge on any atom is -0.455 e. The zero-order valence-electron chi connectivity index (χ0n) is 8.88. The number of benzene rings is 2.